The predicted molar refractivity (Wildman–Crippen MR) is 50.6 cm³/mol. The van der Waals surface area contributed by atoms with E-state index in [4.69, 9.17) is 7.85 Å². The Morgan fingerprint density at radius 3 is 2.42 bits per heavy atom. The molecule has 0 atom stereocenters. The number of hydrogen-bond acceptors (Lipinski definition) is 0. The van der Waals surface area contributed by atoms with Gasteiger partial charge in [-0.2, -0.15) is 0 Å². The molecule has 0 saturated carbocycles. The topological polar surface area (TPSA) is 0 Å². The summed E-state index contributed by atoms with van der Waals surface area (Å²) in [6.07, 6.45) is 0. The molecule has 0 aromatic heterocycles. The van der Waals surface area contributed by atoms with Crippen LogP contribution in [0, 0.1) is 12.7 Å². The molecule has 0 fully saturated rings. The van der Waals surface area contributed by atoms with Gasteiger partial charge in [0.15, 0.2) is 0 Å². The largest absolute Gasteiger partial charge is 0.207 e. The Morgan fingerprint density at radius 1 is 1.33 bits per heavy atom. The molecule has 0 nitrogen and oxygen atoms in total. The zero-order valence-electron chi connectivity index (χ0n) is 7.69. The Hall–Kier alpha value is -0.785. The molecule has 12 heavy (non-hydrogen) atoms. The Labute approximate surface area is 74.2 Å². The summed E-state index contributed by atoms with van der Waals surface area (Å²) < 4.78 is 13.2. The predicted octanol–water partition coefficient (Wildman–Crippen LogP) is 2.05. The highest BCUT2D eigenvalue weighted by molar-refractivity contribution is 6.33. The highest BCUT2D eigenvalue weighted by Crippen LogP contribution is 2.17. The van der Waals surface area contributed by atoms with Crippen molar-refractivity contribution in [2.75, 3.05) is 0 Å². The third kappa shape index (κ3) is 1.68. The Bertz CT molecular complexity index is 292. The van der Waals surface area contributed by atoms with E-state index in [0.29, 0.717) is 11.0 Å². The zero-order chi connectivity index (χ0) is 9.30. The molecule has 0 aliphatic carbocycles. The summed E-state index contributed by atoms with van der Waals surface area (Å²) in [7, 11) is 5.66. The van der Waals surface area contributed by atoms with Crippen LogP contribution < -0.4 is 5.46 Å². The van der Waals surface area contributed by atoms with E-state index in [1.54, 1.807) is 6.07 Å². The number of benzene rings is 1. The van der Waals surface area contributed by atoms with Gasteiger partial charge in [0.25, 0.3) is 0 Å². The van der Waals surface area contributed by atoms with E-state index in [9.17, 15) is 4.39 Å². The Balaban J connectivity index is 3.23. The fourth-order valence-corrected chi connectivity index (χ4v) is 1.15. The first-order chi connectivity index (χ1) is 5.52. The van der Waals surface area contributed by atoms with Crippen LogP contribution in [0.15, 0.2) is 12.1 Å². The lowest BCUT2D eigenvalue weighted by atomic mass is 9.87. The van der Waals surface area contributed by atoms with Crippen molar-refractivity contribution in [3.8, 4) is 0 Å². The molecule has 0 aliphatic rings. The van der Waals surface area contributed by atoms with Crippen molar-refractivity contribution in [1.82, 2.24) is 0 Å². The first-order valence-corrected chi connectivity index (χ1v) is 4.08. The van der Waals surface area contributed by atoms with Gasteiger partial charge in [-0.1, -0.05) is 30.9 Å². The molecule has 0 unspecified atom stereocenters. The van der Waals surface area contributed by atoms with Crippen molar-refractivity contribution in [2.24, 2.45) is 0 Å². The molecule has 1 aromatic rings. The number of hydrogen-bond donors (Lipinski definition) is 0. The van der Waals surface area contributed by atoms with Crippen LogP contribution in [0.1, 0.15) is 30.9 Å². The van der Waals surface area contributed by atoms with Crippen LogP contribution in [-0.2, 0) is 0 Å². The average Bonchev–Trinajstić information content (AvgIpc) is 1.96. The highest BCUT2D eigenvalue weighted by Gasteiger charge is 2.07. The molecule has 0 bridgehead atoms. The minimum Gasteiger partial charge on any atom is -0.207 e. The number of halogens is 1. The molecule has 0 heterocycles. The first kappa shape index (κ1) is 9.30. The molecule has 2 heteroatoms. The van der Waals surface area contributed by atoms with Gasteiger partial charge < -0.3 is 0 Å². The van der Waals surface area contributed by atoms with Gasteiger partial charge in [-0.3, -0.25) is 0 Å². The molecule has 1 rings (SSSR count). The summed E-state index contributed by atoms with van der Waals surface area (Å²) in [6, 6.07) is 3.21. The fraction of sp³-hybridized carbons (Fsp3) is 0.400. The molecule has 0 amide bonds. The van der Waals surface area contributed by atoms with Gasteiger partial charge in [-0.05, 0) is 24.5 Å². The molecule has 2 radical (unpaired) electrons. The summed E-state index contributed by atoms with van der Waals surface area (Å²) in [4.78, 5) is 0. The van der Waals surface area contributed by atoms with E-state index < -0.39 is 0 Å². The van der Waals surface area contributed by atoms with Crippen molar-refractivity contribution in [3.63, 3.8) is 0 Å². The maximum atomic E-state index is 13.2. The van der Waals surface area contributed by atoms with E-state index in [2.05, 4.69) is 0 Å². The van der Waals surface area contributed by atoms with E-state index in [1.807, 2.05) is 20.8 Å². The van der Waals surface area contributed by atoms with Crippen molar-refractivity contribution >= 4 is 13.3 Å². The van der Waals surface area contributed by atoms with Crippen LogP contribution in [-0.4, -0.2) is 7.85 Å². The van der Waals surface area contributed by atoms with Crippen LogP contribution in [0.2, 0.25) is 0 Å². The Kier molecular flexibility index (Phi) is 2.56. The van der Waals surface area contributed by atoms with Gasteiger partial charge in [-0.15, -0.1) is 0 Å². The van der Waals surface area contributed by atoms with Gasteiger partial charge in [0, 0.05) is 0 Å². The van der Waals surface area contributed by atoms with E-state index in [1.165, 1.54) is 6.07 Å². The SMILES string of the molecule is [B]c1cc(C(C)C)c(F)cc1C. The van der Waals surface area contributed by atoms with Crippen LogP contribution in [0.25, 0.3) is 0 Å². The highest BCUT2D eigenvalue weighted by atomic mass is 19.1. The van der Waals surface area contributed by atoms with Crippen molar-refractivity contribution in [2.45, 2.75) is 26.7 Å². The lowest BCUT2D eigenvalue weighted by molar-refractivity contribution is 0.598. The van der Waals surface area contributed by atoms with Gasteiger partial charge in [-0.25, -0.2) is 4.39 Å². The lowest BCUT2D eigenvalue weighted by Gasteiger charge is -2.10. The summed E-state index contributed by atoms with van der Waals surface area (Å²) in [6.45, 7) is 5.71. The molecule has 0 saturated heterocycles. The lowest BCUT2D eigenvalue weighted by Crippen LogP contribution is -2.10. The summed E-state index contributed by atoms with van der Waals surface area (Å²) >= 11 is 0. The average molecular weight is 162 g/mol. The molecule has 0 aliphatic heterocycles. The van der Waals surface area contributed by atoms with E-state index >= 15 is 0 Å². The minimum atomic E-state index is -0.156. The van der Waals surface area contributed by atoms with Crippen LogP contribution in [0.5, 0.6) is 0 Å². The quantitative estimate of drug-likeness (QED) is 0.554. The van der Waals surface area contributed by atoms with Crippen LogP contribution >= 0.6 is 0 Å². The molecule has 0 N–H and O–H groups in total. The number of rotatable bonds is 1. The second-order valence-corrected chi connectivity index (χ2v) is 3.39. The third-order valence-electron chi connectivity index (χ3n) is 2.01. The smallest absolute Gasteiger partial charge is 0.126 e. The minimum absolute atomic E-state index is 0.156. The Morgan fingerprint density at radius 2 is 1.92 bits per heavy atom. The zero-order valence-corrected chi connectivity index (χ0v) is 7.69. The fourth-order valence-electron chi connectivity index (χ4n) is 1.15. The molecular weight excluding hydrogens is 150 g/mol. The monoisotopic (exact) mass is 162 g/mol. The van der Waals surface area contributed by atoms with Crippen molar-refractivity contribution in [1.29, 1.82) is 0 Å². The van der Waals surface area contributed by atoms with E-state index in [0.717, 1.165) is 5.56 Å². The van der Waals surface area contributed by atoms with Gasteiger partial charge >= 0.3 is 0 Å². The van der Waals surface area contributed by atoms with Crippen molar-refractivity contribution < 1.29 is 4.39 Å². The second-order valence-electron chi connectivity index (χ2n) is 3.39. The first-order valence-electron chi connectivity index (χ1n) is 4.08. The maximum absolute atomic E-state index is 13.2. The third-order valence-corrected chi connectivity index (χ3v) is 2.01. The molecule has 1 aromatic carbocycles. The van der Waals surface area contributed by atoms with Gasteiger partial charge in [0.2, 0.25) is 0 Å². The standard InChI is InChI=1S/C10H12BF/c1-6(2)8-5-9(11)7(3)4-10(8)12/h4-6H,1-3H3. The molecule has 62 valence electrons. The van der Waals surface area contributed by atoms with Crippen LogP contribution in [0.4, 0.5) is 4.39 Å². The van der Waals surface area contributed by atoms with Gasteiger partial charge in [0.1, 0.15) is 13.7 Å². The van der Waals surface area contributed by atoms with Gasteiger partial charge in [0.05, 0.1) is 0 Å². The summed E-state index contributed by atoms with van der Waals surface area (Å²) in [5.74, 6) is 0.0320. The molecular formula is C10H12BF. The van der Waals surface area contributed by atoms with Crippen LogP contribution in [0.3, 0.4) is 0 Å². The molecule has 0 spiro atoms. The summed E-state index contributed by atoms with van der Waals surface area (Å²) in [5.41, 5.74) is 2.16. The number of aryl methyl sites for hydroxylation is 1. The summed E-state index contributed by atoms with van der Waals surface area (Å²) in [5, 5.41) is 0. The van der Waals surface area contributed by atoms with Crippen molar-refractivity contribution in [3.05, 3.63) is 29.1 Å². The second kappa shape index (κ2) is 3.30. The maximum Gasteiger partial charge on any atom is 0.126 e. The normalized spacial score (nSPS) is 10.8. The van der Waals surface area contributed by atoms with E-state index in [-0.39, 0.29) is 11.7 Å².